The number of ether oxygens (including phenoxy) is 1. The molecule has 0 radical (unpaired) electrons. The number of hydrogen-bond acceptors (Lipinski definition) is 5. The minimum Gasteiger partial charge on any atom is -0.489 e. The molecule has 2 rings (SSSR count). The van der Waals surface area contributed by atoms with Crippen LogP contribution in [0.25, 0.3) is 0 Å². The number of aliphatic hydroxyl groups is 1. The molecule has 10 heteroatoms. The summed E-state index contributed by atoms with van der Waals surface area (Å²) in [6, 6.07) is 9.38. The van der Waals surface area contributed by atoms with Gasteiger partial charge in [-0.25, -0.2) is 0 Å². The third-order valence-corrected chi connectivity index (χ3v) is 4.11. The minimum absolute atomic E-state index is 0.0287. The Morgan fingerprint density at radius 3 is 2.04 bits per heavy atom. The maximum atomic E-state index is 12.5. The first-order valence-corrected chi connectivity index (χ1v) is 8.56. The van der Waals surface area contributed by atoms with E-state index in [1.54, 1.807) is 0 Å². The van der Waals surface area contributed by atoms with Crippen molar-refractivity contribution in [2.75, 3.05) is 0 Å². The van der Waals surface area contributed by atoms with Crippen molar-refractivity contribution in [3.8, 4) is 5.75 Å². The molecule has 1 atom stereocenters. The summed E-state index contributed by atoms with van der Waals surface area (Å²) in [5, 5.41) is 9.21. The number of ketones is 1. The van der Waals surface area contributed by atoms with Crippen molar-refractivity contribution in [1.82, 2.24) is 0 Å². The van der Waals surface area contributed by atoms with Crippen molar-refractivity contribution in [3.63, 3.8) is 0 Å². The molecule has 0 saturated heterocycles. The number of halogens is 3. The number of carbonyl (C=O) groups excluding carboxylic acids is 1. The maximum Gasteiger partial charge on any atom is 0.416 e. The normalized spacial score (nSPS) is 13.3. The highest BCUT2D eigenvalue weighted by molar-refractivity contribution is 7.87. The van der Waals surface area contributed by atoms with Crippen LogP contribution < -0.4 is 4.74 Å². The van der Waals surface area contributed by atoms with E-state index in [1.807, 2.05) is 0 Å². The molecule has 0 bridgehead atoms. The van der Waals surface area contributed by atoms with E-state index in [1.165, 1.54) is 36.4 Å². The van der Waals surface area contributed by atoms with Crippen molar-refractivity contribution in [3.05, 3.63) is 65.2 Å². The highest BCUT2D eigenvalue weighted by atomic mass is 32.2. The molecule has 0 aromatic heterocycles. The highest BCUT2D eigenvalue weighted by Crippen LogP contribution is 2.29. The lowest BCUT2D eigenvalue weighted by Crippen LogP contribution is -2.29. The largest absolute Gasteiger partial charge is 0.489 e. The van der Waals surface area contributed by atoms with Gasteiger partial charge in [-0.15, -0.1) is 0 Å². The molecule has 0 aliphatic heterocycles. The van der Waals surface area contributed by atoms with E-state index in [9.17, 15) is 31.5 Å². The second-order valence-corrected chi connectivity index (χ2v) is 6.72. The van der Waals surface area contributed by atoms with E-state index in [4.69, 9.17) is 9.29 Å². The molecular formula is C16H13F3O6S. The van der Waals surface area contributed by atoms with E-state index in [0.29, 0.717) is 5.56 Å². The van der Waals surface area contributed by atoms with Crippen molar-refractivity contribution < 1.29 is 40.8 Å². The molecule has 0 amide bonds. The third-order valence-electron chi connectivity index (χ3n) is 3.33. The molecule has 6 nitrogen and oxygen atoms in total. The Balaban J connectivity index is 2.00. The fourth-order valence-electron chi connectivity index (χ4n) is 1.95. The predicted molar refractivity (Wildman–Crippen MR) is 84.1 cm³/mol. The molecule has 0 spiro atoms. The Morgan fingerprint density at radius 1 is 1.04 bits per heavy atom. The van der Waals surface area contributed by atoms with Crippen LogP contribution in [-0.2, 0) is 22.9 Å². The summed E-state index contributed by atoms with van der Waals surface area (Å²) >= 11 is 0. The molecule has 0 heterocycles. The fourth-order valence-corrected chi connectivity index (χ4v) is 2.36. The van der Waals surface area contributed by atoms with Crippen molar-refractivity contribution in [2.24, 2.45) is 0 Å². The lowest BCUT2D eigenvalue weighted by Gasteiger charge is -2.10. The van der Waals surface area contributed by atoms with Crippen LogP contribution in [0.5, 0.6) is 5.75 Å². The Hall–Kier alpha value is -2.43. The van der Waals surface area contributed by atoms with Gasteiger partial charge in [-0.3, -0.25) is 9.35 Å². The lowest BCUT2D eigenvalue weighted by atomic mass is 10.1. The van der Waals surface area contributed by atoms with Crippen molar-refractivity contribution in [1.29, 1.82) is 0 Å². The maximum absolute atomic E-state index is 12.5. The molecule has 0 aliphatic rings. The van der Waals surface area contributed by atoms with Gasteiger partial charge in [-0.05, 0) is 42.0 Å². The highest BCUT2D eigenvalue weighted by Gasteiger charge is 2.30. The SMILES string of the molecule is O=C(c1ccc(OCc2ccc(C(F)(F)F)cc2)cc1)C(O)S(=O)(=O)O. The quantitative estimate of drug-likeness (QED) is 0.581. The summed E-state index contributed by atoms with van der Waals surface area (Å²) in [7, 11) is -4.93. The average Bonchev–Trinajstić information content (AvgIpc) is 2.58. The second kappa shape index (κ2) is 7.44. The Labute approximate surface area is 146 Å². The topological polar surface area (TPSA) is 101 Å². The summed E-state index contributed by atoms with van der Waals surface area (Å²) < 4.78 is 72.9. The van der Waals surface area contributed by atoms with Crippen LogP contribution in [0.15, 0.2) is 48.5 Å². The van der Waals surface area contributed by atoms with E-state index in [-0.39, 0.29) is 17.9 Å². The van der Waals surface area contributed by atoms with Gasteiger partial charge in [0.1, 0.15) is 12.4 Å². The van der Waals surface area contributed by atoms with Crippen molar-refractivity contribution >= 4 is 15.9 Å². The van der Waals surface area contributed by atoms with Crippen molar-refractivity contribution in [2.45, 2.75) is 18.2 Å². The zero-order chi connectivity index (χ0) is 19.5. The van der Waals surface area contributed by atoms with Crippen LogP contribution in [0.3, 0.4) is 0 Å². The predicted octanol–water partition coefficient (Wildman–Crippen LogP) is 2.67. The molecule has 0 saturated carbocycles. The zero-order valence-corrected chi connectivity index (χ0v) is 13.8. The summed E-state index contributed by atoms with van der Waals surface area (Å²) in [4.78, 5) is 11.7. The summed E-state index contributed by atoms with van der Waals surface area (Å²) in [6.07, 6.45) is -4.42. The van der Waals surface area contributed by atoms with Crippen LogP contribution in [0.4, 0.5) is 13.2 Å². The van der Waals surface area contributed by atoms with Crippen LogP contribution in [-0.4, -0.2) is 29.3 Å². The first-order chi connectivity index (χ1) is 12.0. The van der Waals surface area contributed by atoms with Gasteiger partial charge in [-0.2, -0.15) is 21.6 Å². The summed E-state index contributed by atoms with van der Waals surface area (Å²) in [5.74, 6) is -0.940. The van der Waals surface area contributed by atoms with Crippen LogP contribution in [0.1, 0.15) is 21.5 Å². The number of rotatable bonds is 6. The number of alkyl halides is 3. The van der Waals surface area contributed by atoms with Gasteiger partial charge in [-0.1, -0.05) is 12.1 Å². The molecule has 26 heavy (non-hydrogen) atoms. The Kier molecular flexibility index (Phi) is 5.69. The Bertz CT molecular complexity index is 874. The van der Waals surface area contributed by atoms with E-state index >= 15 is 0 Å². The van der Waals surface area contributed by atoms with Gasteiger partial charge in [0.2, 0.25) is 11.2 Å². The van der Waals surface area contributed by atoms with Gasteiger partial charge in [0.05, 0.1) is 5.56 Å². The van der Waals surface area contributed by atoms with Crippen LogP contribution in [0.2, 0.25) is 0 Å². The van der Waals surface area contributed by atoms with Gasteiger partial charge in [0.15, 0.2) is 0 Å². The molecule has 1 unspecified atom stereocenters. The molecular weight excluding hydrogens is 377 g/mol. The second-order valence-electron chi connectivity index (χ2n) is 5.24. The number of benzene rings is 2. The summed E-state index contributed by atoms with van der Waals surface area (Å²) in [5.41, 5.74) is -3.04. The third kappa shape index (κ3) is 5.04. The van der Waals surface area contributed by atoms with Gasteiger partial charge >= 0.3 is 6.18 Å². The standard InChI is InChI=1S/C16H13F3O6S/c17-16(18,19)12-5-1-10(2-6-12)9-25-13-7-3-11(4-8-13)14(20)15(21)26(22,23)24/h1-8,15,21H,9H2,(H,22,23,24). The fraction of sp³-hybridized carbons (Fsp3) is 0.188. The number of carbonyl (C=O) groups is 1. The molecule has 0 fully saturated rings. The number of aliphatic hydroxyl groups excluding tert-OH is 1. The minimum atomic E-state index is -4.93. The smallest absolute Gasteiger partial charge is 0.416 e. The van der Waals surface area contributed by atoms with E-state index in [0.717, 1.165) is 12.1 Å². The molecule has 0 aliphatic carbocycles. The first-order valence-electron chi connectivity index (χ1n) is 7.06. The Morgan fingerprint density at radius 2 is 1.58 bits per heavy atom. The zero-order valence-electron chi connectivity index (χ0n) is 13.0. The van der Waals surface area contributed by atoms with Crippen LogP contribution >= 0.6 is 0 Å². The average molecular weight is 390 g/mol. The monoisotopic (exact) mass is 390 g/mol. The number of Topliss-reactive ketones (excluding diaryl/α,β-unsaturated/α-hetero) is 1. The van der Waals surface area contributed by atoms with Gasteiger partial charge in [0.25, 0.3) is 10.1 Å². The first kappa shape index (κ1) is 19.9. The lowest BCUT2D eigenvalue weighted by molar-refractivity contribution is -0.137. The van der Waals surface area contributed by atoms with Gasteiger partial charge < -0.3 is 9.84 Å². The molecule has 140 valence electrons. The van der Waals surface area contributed by atoms with Crippen LogP contribution in [0, 0.1) is 0 Å². The number of hydrogen-bond donors (Lipinski definition) is 2. The molecule has 2 aromatic rings. The van der Waals surface area contributed by atoms with E-state index in [2.05, 4.69) is 0 Å². The molecule has 2 N–H and O–H groups in total. The summed E-state index contributed by atoms with van der Waals surface area (Å²) in [6.45, 7) is -0.0287. The molecule has 2 aromatic carbocycles. The van der Waals surface area contributed by atoms with E-state index < -0.39 is 33.1 Å². The van der Waals surface area contributed by atoms with Gasteiger partial charge in [0, 0.05) is 5.56 Å².